The van der Waals surface area contributed by atoms with E-state index in [1.54, 1.807) is 0 Å². The number of hydrogen-bond donors (Lipinski definition) is 3. The van der Waals surface area contributed by atoms with Crippen molar-refractivity contribution >= 4 is 11.6 Å². The average molecular weight is 197 g/mol. The lowest BCUT2D eigenvalue weighted by Crippen LogP contribution is -2.12. The van der Waals surface area contributed by atoms with Crippen molar-refractivity contribution in [2.45, 2.75) is 26.7 Å². The first-order valence-electron chi connectivity index (χ1n) is 4.57. The van der Waals surface area contributed by atoms with Crippen molar-refractivity contribution in [2.24, 2.45) is 0 Å². The molecular weight excluding hydrogens is 182 g/mol. The molecule has 0 unspecified atom stereocenters. The topological polar surface area (TPSA) is 78.0 Å². The normalized spacial score (nSPS) is 10.2. The third-order valence-electron chi connectivity index (χ3n) is 1.95. The van der Waals surface area contributed by atoms with Crippen LogP contribution >= 0.6 is 0 Å². The SMILES string of the molecule is Cc1n[nH]c(C)c1NC(=O)CCCO. The van der Waals surface area contributed by atoms with Crippen LogP contribution in [0, 0.1) is 13.8 Å². The van der Waals surface area contributed by atoms with Gasteiger partial charge in [-0.05, 0) is 20.3 Å². The average Bonchev–Trinajstić information content (AvgIpc) is 2.46. The number of anilines is 1. The van der Waals surface area contributed by atoms with Crippen LogP contribution in [-0.4, -0.2) is 27.8 Å². The lowest BCUT2D eigenvalue weighted by atomic mass is 10.2. The van der Waals surface area contributed by atoms with Gasteiger partial charge in [-0.15, -0.1) is 0 Å². The van der Waals surface area contributed by atoms with Gasteiger partial charge in [0.15, 0.2) is 0 Å². The Balaban J connectivity index is 2.55. The molecule has 0 atom stereocenters. The van der Waals surface area contributed by atoms with E-state index < -0.39 is 0 Å². The van der Waals surface area contributed by atoms with Crippen LogP contribution in [0.15, 0.2) is 0 Å². The van der Waals surface area contributed by atoms with Crippen LogP contribution in [0.2, 0.25) is 0 Å². The maximum Gasteiger partial charge on any atom is 0.224 e. The molecule has 0 spiro atoms. The largest absolute Gasteiger partial charge is 0.396 e. The molecule has 0 aliphatic carbocycles. The number of amides is 1. The minimum absolute atomic E-state index is 0.0385. The minimum atomic E-state index is -0.0911. The molecule has 1 aromatic heterocycles. The third-order valence-corrected chi connectivity index (χ3v) is 1.95. The van der Waals surface area contributed by atoms with E-state index in [1.807, 2.05) is 13.8 Å². The fourth-order valence-corrected chi connectivity index (χ4v) is 1.18. The number of aliphatic hydroxyl groups is 1. The zero-order valence-corrected chi connectivity index (χ0v) is 8.42. The van der Waals surface area contributed by atoms with Crippen LogP contribution in [-0.2, 0) is 4.79 Å². The highest BCUT2D eigenvalue weighted by atomic mass is 16.3. The lowest BCUT2D eigenvalue weighted by molar-refractivity contribution is -0.116. The van der Waals surface area contributed by atoms with E-state index >= 15 is 0 Å². The highest BCUT2D eigenvalue weighted by Crippen LogP contribution is 2.16. The second kappa shape index (κ2) is 4.76. The summed E-state index contributed by atoms with van der Waals surface area (Å²) in [7, 11) is 0. The predicted octanol–water partition coefficient (Wildman–Crippen LogP) is 0.738. The second-order valence-electron chi connectivity index (χ2n) is 3.18. The summed E-state index contributed by atoms with van der Waals surface area (Å²) in [6, 6.07) is 0. The van der Waals surface area contributed by atoms with Crippen LogP contribution in [0.4, 0.5) is 5.69 Å². The van der Waals surface area contributed by atoms with Crippen molar-refractivity contribution in [1.82, 2.24) is 10.2 Å². The molecule has 0 bridgehead atoms. The molecular formula is C9H15N3O2. The molecule has 0 saturated carbocycles. The molecule has 14 heavy (non-hydrogen) atoms. The van der Waals surface area contributed by atoms with Gasteiger partial charge in [0.2, 0.25) is 5.91 Å². The van der Waals surface area contributed by atoms with Crippen LogP contribution in [0.3, 0.4) is 0 Å². The summed E-state index contributed by atoms with van der Waals surface area (Å²) in [5.74, 6) is -0.0911. The van der Waals surface area contributed by atoms with E-state index in [2.05, 4.69) is 15.5 Å². The molecule has 5 nitrogen and oxygen atoms in total. The molecule has 1 heterocycles. The fraction of sp³-hybridized carbons (Fsp3) is 0.556. The molecule has 0 aliphatic heterocycles. The van der Waals surface area contributed by atoms with Gasteiger partial charge in [0, 0.05) is 13.0 Å². The van der Waals surface area contributed by atoms with Crippen LogP contribution < -0.4 is 5.32 Å². The van der Waals surface area contributed by atoms with E-state index in [-0.39, 0.29) is 12.5 Å². The second-order valence-corrected chi connectivity index (χ2v) is 3.18. The number of hydrogen-bond acceptors (Lipinski definition) is 3. The fourth-order valence-electron chi connectivity index (χ4n) is 1.18. The highest BCUT2D eigenvalue weighted by molar-refractivity contribution is 5.91. The number of H-pyrrole nitrogens is 1. The van der Waals surface area contributed by atoms with Gasteiger partial charge in [-0.25, -0.2) is 0 Å². The number of aromatic amines is 1. The van der Waals surface area contributed by atoms with Gasteiger partial charge in [0.25, 0.3) is 0 Å². The first-order chi connectivity index (χ1) is 6.65. The maximum absolute atomic E-state index is 11.3. The van der Waals surface area contributed by atoms with E-state index in [4.69, 9.17) is 5.11 Å². The van der Waals surface area contributed by atoms with Crippen molar-refractivity contribution in [2.75, 3.05) is 11.9 Å². The maximum atomic E-state index is 11.3. The van der Waals surface area contributed by atoms with Gasteiger partial charge in [0.1, 0.15) is 0 Å². The van der Waals surface area contributed by atoms with Crippen LogP contribution in [0.5, 0.6) is 0 Å². The number of rotatable bonds is 4. The van der Waals surface area contributed by atoms with Crippen molar-refractivity contribution in [3.8, 4) is 0 Å². The van der Waals surface area contributed by atoms with Gasteiger partial charge in [0.05, 0.1) is 17.1 Å². The number of aryl methyl sites for hydroxylation is 2. The monoisotopic (exact) mass is 197 g/mol. The number of carbonyl (C=O) groups excluding carboxylic acids is 1. The molecule has 0 fully saturated rings. The van der Waals surface area contributed by atoms with Crippen LogP contribution in [0.1, 0.15) is 24.2 Å². The van der Waals surface area contributed by atoms with Crippen LogP contribution in [0.25, 0.3) is 0 Å². The Morgan fingerprint density at radius 1 is 1.57 bits per heavy atom. The molecule has 3 N–H and O–H groups in total. The number of nitrogens with one attached hydrogen (secondary N) is 2. The van der Waals surface area contributed by atoms with Crippen molar-refractivity contribution in [1.29, 1.82) is 0 Å². The molecule has 78 valence electrons. The molecule has 1 amide bonds. The first kappa shape index (κ1) is 10.7. The Labute approximate surface area is 82.5 Å². The Morgan fingerprint density at radius 2 is 2.29 bits per heavy atom. The van der Waals surface area contributed by atoms with Gasteiger partial charge < -0.3 is 10.4 Å². The van der Waals surface area contributed by atoms with Gasteiger partial charge >= 0.3 is 0 Å². The van der Waals surface area contributed by atoms with E-state index in [1.165, 1.54) is 0 Å². The highest BCUT2D eigenvalue weighted by Gasteiger charge is 2.09. The van der Waals surface area contributed by atoms with E-state index in [0.29, 0.717) is 12.8 Å². The molecule has 1 rings (SSSR count). The molecule has 5 heteroatoms. The van der Waals surface area contributed by atoms with Gasteiger partial charge in [-0.2, -0.15) is 5.10 Å². The first-order valence-corrected chi connectivity index (χ1v) is 4.57. The van der Waals surface area contributed by atoms with Crippen molar-refractivity contribution < 1.29 is 9.90 Å². The summed E-state index contributed by atoms with van der Waals surface area (Å²) in [6.45, 7) is 3.71. The molecule has 0 aromatic carbocycles. The summed E-state index contributed by atoms with van der Waals surface area (Å²) in [4.78, 5) is 11.3. The molecule has 0 saturated heterocycles. The van der Waals surface area contributed by atoms with Gasteiger partial charge in [-0.3, -0.25) is 9.89 Å². The molecule has 0 aliphatic rings. The smallest absolute Gasteiger partial charge is 0.224 e. The number of aliphatic hydroxyl groups excluding tert-OH is 1. The summed E-state index contributed by atoms with van der Waals surface area (Å²) in [6.07, 6.45) is 0.822. The Morgan fingerprint density at radius 3 is 2.79 bits per heavy atom. The zero-order chi connectivity index (χ0) is 10.6. The zero-order valence-electron chi connectivity index (χ0n) is 8.42. The van der Waals surface area contributed by atoms with E-state index in [9.17, 15) is 4.79 Å². The summed E-state index contributed by atoms with van der Waals surface area (Å²) >= 11 is 0. The quantitative estimate of drug-likeness (QED) is 0.666. The van der Waals surface area contributed by atoms with Gasteiger partial charge in [-0.1, -0.05) is 0 Å². The Bertz CT molecular complexity index is 300. The standard InChI is InChI=1S/C9H15N3O2/c1-6-9(7(2)12-11-6)10-8(14)4-3-5-13/h13H,3-5H2,1-2H3,(H,10,14)(H,11,12). The minimum Gasteiger partial charge on any atom is -0.396 e. The predicted molar refractivity (Wildman–Crippen MR) is 53.0 cm³/mol. The van der Waals surface area contributed by atoms with Crippen molar-refractivity contribution in [3.05, 3.63) is 11.4 Å². The Kier molecular flexibility index (Phi) is 3.64. The number of carbonyl (C=O) groups is 1. The molecule has 0 radical (unpaired) electrons. The number of aromatic nitrogens is 2. The number of nitrogens with zero attached hydrogens (tertiary/aromatic N) is 1. The van der Waals surface area contributed by atoms with Crippen molar-refractivity contribution in [3.63, 3.8) is 0 Å². The Hall–Kier alpha value is -1.36. The lowest BCUT2D eigenvalue weighted by Gasteiger charge is -2.03. The summed E-state index contributed by atoms with van der Waals surface area (Å²) < 4.78 is 0. The summed E-state index contributed by atoms with van der Waals surface area (Å²) in [5, 5.41) is 18.0. The third kappa shape index (κ3) is 2.56. The molecule has 1 aromatic rings. The van der Waals surface area contributed by atoms with E-state index in [0.717, 1.165) is 17.1 Å². The summed E-state index contributed by atoms with van der Waals surface area (Å²) in [5.41, 5.74) is 2.37.